The Balaban J connectivity index is 2.24. The van der Waals surface area contributed by atoms with Crippen molar-refractivity contribution in [1.29, 1.82) is 0 Å². The Hall–Kier alpha value is -1.50. The first-order chi connectivity index (χ1) is 10.6. The third-order valence-corrected chi connectivity index (χ3v) is 4.83. The Morgan fingerprint density at radius 3 is 2.57 bits per heavy atom. The topological polar surface area (TPSA) is 38.3 Å². The summed E-state index contributed by atoms with van der Waals surface area (Å²) in [7, 11) is -1.31. The van der Waals surface area contributed by atoms with Crippen molar-refractivity contribution < 1.29 is 22.1 Å². The zero-order valence-corrected chi connectivity index (χ0v) is 14.1. The van der Waals surface area contributed by atoms with E-state index >= 15 is 0 Å². The van der Waals surface area contributed by atoms with Gasteiger partial charge in [0.05, 0.1) is 4.75 Å². The smallest absolute Gasteiger partial charge is 0.422 e. The van der Waals surface area contributed by atoms with Crippen LogP contribution < -0.4 is 9.46 Å². The van der Waals surface area contributed by atoms with Crippen LogP contribution in [0, 0.1) is 0 Å². The van der Waals surface area contributed by atoms with Crippen LogP contribution in [0.5, 0.6) is 5.75 Å². The summed E-state index contributed by atoms with van der Waals surface area (Å²) < 4.78 is 56.8. The zero-order chi connectivity index (χ0) is 17.3. The fraction of sp³-hybridized carbons (Fsp3) is 0.500. The normalized spacial score (nSPS) is 16.3. The van der Waals surface area contributed by atoms with Gasteiger partial charge in [-0.3, -0.25) is 0 Å². The van der Waals surface area contributed by atoms with Crippen LogP contribution >= 0.6 is 0 Å². The van der Waals surface area contributed by atoms with Gasteiger partial charge in [0.25, 0.3) is 0 Å². The first-order valence-electron chi connectivity index (χ1n) is 7.28. The Bertz CT molecular complexity index is 633. The van der Waals surface area contributed by atoms with Crippen LogP contribution in [0.25, 0.3) is 5.70 Å². The van der Waals surface area contributed by atoms with E-state index in [1.807, 2.05) is 26.8 Å². The Labute approximate surface area is 136 Å². The molecule has 0 saturated heterocycles. The van der Waals surface area contributed by atoms with Gasteiger partial charge in [0.15, 0.2) is 6.61 Å². The predicted octanol–water partition coefficient (Wildman–Crippen LogP) is 3.97. The van der Waals surface area contributed by atoms with Gasteiger partial charge in [-0.25, -0.2) is 4.21 Å². The van der Waals surface area contributed by atoms with E-state index in [9.17, 15) is 17.4 Å². The van der Waals surface area contributed by atoms with Gasteiger partial charge in [-0.05, 0) is 39.7 Å². The molecular weight excluding hydrogens is 327 g/mol. The summed E-state index contributed by atoms with van der Waals surface area (Å²) >= 11 is 0. The van der Waals surface area contributed by atoms with Gasteiger partial charge in [-0.15, -0.1) is 0 Å². The van der Waals surface area contributed by atoms with E-state index in [4.69, 9.17) is 4.74 Å². The maximum absolute atomic E-state index is 12.4. The van der Waals surface area contributed by atoms with Crippen molar-refractivity contribution >= 4 is 16.7 Å². The monoisotopic (exact) mass is 347 g/mol. The summed E-state index contributed by atoms with van der Waals surface area (Å²) in [5.74, 6) is 0.230. The number of ether oxygens (including phenoxy) is 1. The van der Waals surface area contributed by atoms with Gasteiger partial charge in [-0.2, -0.15) is 13.2 Å². The second kappa shape index (κ2) is 6.55. The maximum Gasteiger partial charge on any atom is 0.422 e. The molecular formula is C16H20F3NO2S. The highest BCUT2D eigenvalue weighted by molar-refractivity contribution is 7.84. The minimum absolute atomic E-state index is 0.230. The predicted molar refractivity (Wildman–Crippen MR) is 85.3 cm³/mol. The lowest BCUT2D eigenvalue weighted by molar-refractivity contribution is -0.153. The van der Waals surface area contributed by atoms with E-state index in [0.717, 1.165) is 5.56 Å². The number of hydrogen-bond acceptors (Lipinski definition) is 2. The molecule has 1 aromatic carbocycles. The maximum atomic E-state index is 12.4. The highest BCUT2D eigenvalue weighted by atomic mass is 32.2. The van der Waals surface area contributed by atoms with Crippen molar-refractivity contribution in [2.45, 2.75) is 44.5 Å². The van der Waals surface area contributed by atoms with Crippen molar-refractivity contribution in [1.82, 2.24) is 4.72 Å². The standard InChI is InChI=1S/C16H20F3NO2S/c1-15(2,3)23(21)20-13-8-4-7-12-11(13)6-5-9-14(12)22-10-16(17,18)19/h5-6,8-9,20H,4,7,10H2,1-3H3. The molecule has 0 saturated carbocycles. The molecule has 0 radical (unpaired) electrons. The van der Waals surface area contributed by atoms with Crippen LogP contribution in [0.4, 0.5) is 13.2 Å². The van der Waals surface area contributed by atoms with E-state index in [-0.39, 0.29) is 5.75 Å². The summed E-state index contributed by atoms with van der Waals surface area (Å²) in [5.41, 5.74) is 2.14. The third-order valence-electron chi connectivity index (χ3n) is 3.32. The number of fused-ring (bicyclic) bond motifs is 1. The molecule has 1 aromatic rings. The summed E-state index contributed by atoms with van der Waals surface area (Å²) in [6.07, 6.45) is -1.21. The van der Waals surface area contributed by atoms with Crippen LogP contribution in [0.2, 0.25) is 0 Å². The summed E-state index contributed by atoms with van der Waals surface area (Å²) in [6, 6.07) is 4.98. The first-order valence-corrected chi connectivity index (χ1v) is 8.43. The van der Waals surface area contributed by atoms with Gasteiger partial charge in [0, 0.05) is 16.8 Å². The van der Waals surface area contributed by atoms with Gasteiger partial charge in [0.2, 0.25) is 0 Å². The van der Waals surface area contributed by atoms with Crippen molar-refractivity contribution in [3.05, 3.63) is 35.4 Å². The molecule has 0 amide bonds. The second-order valence-corrected chi connectivity index (χ2v) is 8.29. The molecule has 1 atom stereocenters. The number of nitrogens with one attached hydrogen (secondary N) is 1. The van der Waals surface area contributed by atoms with Crippen molar-refractivity contribution in [2.75, 3.05) is 6.61 Å². The van der Waals surface area contributed by atoms with Gasteiger partial charge in [-0.1, -0.05) is 18.2 Å². The fourth-order valence-corrected chi connectivity index (χ4v) is 2.89. The average Bonchev–Trinajstić information content (AvgIpc) is 2.43. The molecule has 0 fully saturated rings. The molecule has 3 nitrogen and oxygen atoms in total. The molecule has 7 heteroatoms. The highest BCUT2D eigenvalue weighted by Gasteiger charge is 2.29. The number of halogens is 3. The molecule has 0 aromatic heterocycles. The Morgan fingerprint density at radius 2 is 1.96 bits per heavy atom. The lowest BCUT2D eigenvalue weighted by Crippen LogP contribution is -2.33. The minimum atomic E-state index is -4.37. The Morgan fingerprint density at radius 1 is 1.26 bits per heavy atom. The van der Waals surface area contributed by atoms with E-state index < -0.39 is 28.5 Å². The van der Waals surface area contributed by atoms with Gasteiger partial charge >= 0.3 is 6.18 Å². The van der Waals surface area contributed by atoms with Gasteiger partial charge in [0.1, 0.15) is 16.7 Å². The summed E-state index contributed by atoms with van der Waals surface area (Å²) in [5, 5.41) is 0. The largest absolute Gasteiger partial charge is 0.484 e. The average molecular weight is 347 g/mol. The lowest BCUT2D eigenvalue weighted by atomic mass is 9.94. The zero-order valence-electron chi connectivity index (χ0n) is 13.3. The summed E-state index contributed by atoms with van der Waals surface area (Å²) in [6.45, 7) is 4.24. The second-order valence-electron chi connectivity index (χ2n) is 6.33. The lowest BCUT2D eigenvalue weighted by Gasteiger charge is -2.25. The molecule has 23 heavy (non-hydrogen) atoms. The first kappa shape index (κ1) is 17.8. The molecule has 1 aliphatic rings. The minimum Gasteiger partial charge on any atom is -0.484 e. The van der Waals surface area contributed by atoms with Crippen molar-refractivity contribution in [3.63, 3.8) is 0 Å². The molecule has 0 spiro atoms. The SMILES string of the molecule is CC(C)(C)S(=O)NC1=CCCc2c(OCC(F)(F)F)cccc21. The number of allylic oxidation sites excluding steroid dienone is 1. The quantitative estimate of drug-likeness (QED) is 0.895. The molecule has 2 rings (SSSR count). The fourth-order valence-electron chi connectivity index (χ4n) is 2.19. The molecule has 1 unspecified atom stereocenters. The molecule has 1 aliphatic carbocycles. The molecule has 128 valence electrons. The van der Waals surface area contributed by atoms with Crippen molar-refractivity contribution in [3.8, 4) is 5.75 Å². The van der Waals surface area contributed by atoms with E-state index in [1.165, 1.54) is 6.07 Å². The number of hydrogen-bond donors (Lipinski definition) is 1. The summed E-state index contributed by atoms with van der Waals surface area (Å²) in [4.78, 5) is 0. The van der Waals surface area contributed by atoms with Crippen LogP contribution in [-0.4, -0.2) is 21.7 Å². The molecule has 0 aliphatic heterocycles. The van der Waals surface area contributed by atoms with Crippen LogP contribution in [0.15, 0.2) is 24.3 Å². The number of rotatable bonds is 4. The number of alkyl halides is 3. The van der Waals surface area contributed by atoms with E-state index in [1.54, 1.807) is 12.1 Å². The van der Waals surface area contributed by atoms with Gasteiger partial charge < -0.3 is 9.46 Å². The van der Waals surface area contributed by atoms with E-state index in [0.29, 0.717) is 24.1 Å². The van der Waals surface area contributed by atoms with Crippen LogP contribution in [-0.2, 0) is 17.4 Å². The third kappa shape index (κ3) is 4.73. The van der Waals surface area contributed by atoms with Crippen molar-refractivity contribution in [2.24, 2.45) is 0 Å². The van der Waals surface area contributed by atoms with E-state index in [2.05, 4.69) is 4.72 Å². The Kier molecular flexibility index (Phi) is 5.08. The molecule has 0 heterocycles. The molecule has 1 N–H and O–H groups in total. The van der Waals surface area contributed by atoms with Crippen LogP contribution in [0.1, 0.15) is 38.3 Å². The molecule has 0 bridgehead atoms. The van der Waals surface area contributed by atoms with Crippen LogP contribution in [0.3, 0.4) is 0 Å². The highest BCUT2D eigenvalue weighted by Crippen LogP contribution is 2.33. The number of benzene rings is 1.